The summed E-state index contributed by atoms with van der Waals surface area (Å²) in [5, 5.41) is 2.75. The Balaban J connectivity index is 2.14. The molecule has 0 aromatic heterocycles. The van der Waals surface area contributed by atoms with E-state index >= 15 is 0 Å². The van der Waals surface area contributed by atoms with Crippen LogP contribution in [-0.4, -0.2) is 45.6 Å². The standard InChI is InChI=1S/C20H24N2O5S/c1-14(23)15-6-5-7-17(12-15)21-20(24)11-8-16-13-18(9-10-19(16)27-4)28(25,26)22(2)3/h5-7,9-10,12-13H,8,11H2,1-4H3,(H,21,24). The normalized spacial score (nSPS) is 11.3. The Bertz CT molecular complexity index is 984. The van der Waals surface area contributed by atoms with Gasteiger partial charge in [0.2, 0.25) is 15.9 Å². The first kappa shape index (κ1) is 21.6. The van der Waals surface area contributed by atoms with Gasteiger partial charge in [0, 0.05) is 31.8 Å². The monoisotopic (exact) mass is 404 g/mol. The van der Waals surface area contributed by atoms with Crippen LogP contribution in [0.4, 0.5) is 5.69 Å². The molecule has 1 amide bonds. The predicted molar refractivity (Wildman–Crippen MR) is 107 cm³/mol. The number of methoxy groups -OCH3 is 1. The van der Waals surface area contributed by atoms with Gasteiger partial charge in [0.05, 0.1) is 12.0 Å². The molecular formula is C20H24N2O5S. The third-order valence-corrected chi connectivity index (χ3v) is 6.02. The van der Waals surface area contributed by atoms with E-state index in [1.165, 1.54) is 40.3 Å². The van der Waals surface area contributed by atoms with E-state index in [-0.39, 0.29) is 23.0 Å². The zero-order valence-electron chi connectivity index (χ0n) is 16.4. The molecule has 0 radical (unpaired) electrons. The van der Waals surface area contributed by atoms with E-state index in [1.807, 2.05) is 0 Å². The average Bonchev–Trinajstić information content (AvgIpc) is 2.66. The molecule has 0 saturated heterocycles. The number of rotatable bonds is 8. The first-order valence-corrected chi connectivity index (χ1v) is 10.1. The van der Waals surface area contributed by atoms with Gasteiger partial charge >= 0.3 is 0 Å². The minimum atomic E-state index is -3.58. The number of nitrogens with zero attached hydrogens (tertiary/aromatic N) is 1. The summed E-state index contributed by atoms with van der Waals surface area (Å²) in [5.74, 6) is 0.187. The highest BCUT2D eigenvalue weighted by Gasteiger charge is 2.19. The molecule has 0 aliphatic rings. The molecule has 0 unspecified atom stereocenters. The van der Waals surface area contributed by atoms with Crippen LogP contribution < -0.4 is 10.1 Å². The van der Waals surface area contributed by atoms with Crippen LogP contribution in [0.5, 0.6) is 5.75 Å². The molecule has 0 spiro atoms. The predicted octanol–water partition coefficient (Wildman–Crippen LogP) is 2.72. The highest BCUT2D eigenvalue weighted by Crippen LogP contribution is 2.25. The molecule has 0 fully saturated rings. The minimum absolute atomic E-state index is 0.0836. The fourth-order valence-corrected chi connectivity index (χ4v) is 3.56. The van der Waals surface area contributed by atoms with Crippen molar-refractivity contribution in [1.29, 1.82) is 0 Å². The Labute approximate surface area is 165 Å². The van der Waals surface area contributed by atoms with Crippen molar-refractivity contribution < 1.29 is 22.7 Å². The number of nitrogens with one attached hydrogen (secondary N) is 1. The van der Waals surface area contributed by atoms with Crippen LogP contribution in [0.3, 0.4) is 0 Å². The molecule has 0 aliphatic heterocycles. The Morgan fingerprint density at radius 3 is 2.43 bits per heavy atom. The molecule has 0 bridgehead atoms. The van der Waals surface area contributed by atoms with Crippen LogP contribution in [-0.2, 0) is 21.2 Å². The third kappa shape index (κ3) is 5.17. The molecule has 0 heterocycles. The fraction of sp³-hybridized carbons (Fsp3) is 0.300. The second kappa shape index (κ2) is 8.99. The Morgan fingerprint density at radius 1 is 1.11 bits per heavy atom. The summed E-state index contributed by atoms with van der Waals surface area (Å²) < 4.78 is 31.1. The van der Waals surface area contributed by atoms with E-state index in [0.717, 1.165) is 4.31 Å². The van der Waals surface area contributed by atoms with E-state index < -0.39 is 10.0 Å². The number of aryl methyl sites for hydroxylation is 1. The second-order valence-electron chi connectivity index (χ2n) is 6.45. The molecule has 7 nitrogen and oxygen atoms in total. The number of sulfonamides is 1. The topological polar surface area (TPSA) is 92.8 Å². The van der Waals surface area contributed by atoms with Crippen LogP contribution in [0, 0.1) is 0 Å². The SMILES string of the molecule is COc1ccc(S(=O)(=O)N(C)C)cc1CCC(=O)Nc1cccc(C(C)=O)c1. The van der Waals surface area contributed by atoms with Crippen molar-refractivity contribution in [2.75, 3.05) is 26.5 Å². The van der Waals surface area contributed by atoms with Gasteiger partial charge in [-0.2, -0.15) is 0 Å². The van der Waals surface area contributed by atoms with Crippen molar-refractivity contribution in [2.45, 2.75) is 24.7 Å². The number of hydrogen-bond donors (Lipinski definition) is 1. The molecule has 2 aromatic rings. The lowest BCUT2D eigenvalue weighted by Crippen LogP contribution is -2.22. The summed E-state index contributed by atoms with van der Waals surface area (Å²) in [5.41, 5.74) is 1.67. The van der Waals surface area contributed by atoms with Crippen LogP contribution in [0.2, 0.25) is 0 Å². The van der Waals surface area contributed by atoms with E-state index in [9.17, 15) is 18.0 Å². The van der Waals surface area contributed by atoms with Gasteiger partial charge in [-0.05, 0) is 49.2 Å². The fourth-order valence-electron chi connectivity index (χ4n) is 2.61. The van der Waals surface area contributed by atoms with E-state index in [1.54, 1.807) is 30.3 Å². The van der Waals surface area contributed by atoms with Crippen molar-refractivity contribution in [3.63, 3.8) is 0 Å². The van der Waals surface area contributed by atoms with Crippen molar-refractivity contribution in [2.24, 2.45) is 0 Å². The highest BCUT2D eigenvalue weighted by molar-refractivity contribution is 7.89. The maximum atomic E-state index is 12.3. The van der Waals surface area contributed by atoms with Crippen LogP contribution in [0.25, 0.3) is 0 Å². The number of hydrogen-bond acceptors (Lipinski definition) is 5. The van der Waals surface area contributed by atoms with Crippen molar-refractivity contribution in [1.82, 2.24) is 4.31 Å². The van der Waals surface area contributed by atoms with Gasteiger partial charge < -0.3 is 10.1 Å². The van der Waals surface area contributed by atoms with Crippen molar-refractivity contribution >= 4 is 27.4 Å². The van der Waals surface area contributed by atoms with Crippen molar-refractivity contribution in [3.05, 3.63) is 53.6 Å². The van der Waals surface area contributed by atoms with Crippen LogP contribution in [0.15, 0.2) is 47.4 Å². The molecule has 0 aliphatic carbocycles. The molecule has 2 aromatic carbocycles. The highest BCUT2D eigenvalue weighted by atomic mass is 32.2. The zero-order valence-corrected chi connectivity index (χ0v) is 17.2. The van der Waals surface area contributed by atoms with Gasteiger partial charge in [0.15, 0.2) is 5.78 Å². The first-order valence-electron chi connectivity index (χ1n) is 8.65. The number of anilines is 1. The van der Waals surface area contributed by atoms with E-state index in [0.29, 0.717) is 29.0 Å². The number of ketones is 1. The summed E-state index contributed by atoms with van der Waals surface area (Å²) >= 11 is 0. The summed E-state index contributed by atoms with van der Waals surface area (Å²) in [6.07, 6.45) is 0.435. The lowest BCUT2D eigenvalue weighted by molar-refractivity contribution is -0.116. The number of Topliss-reactive ketones (excluding diaryl/α,β-unsaturated/α-hetero) is 1. The smallest absolute Gasteiger partial charge is 0.242 e. The first-order chi connectivity index (χ1) is 13.1. The summed E-state index contributed by atoms with van der Waals surface area (Å²) in [6, 6.07) is 11.3. The summed E-state index contributed by atoms with van der Waals surface area (Å²) in [4.78, 5) is 23.9. The largest absolute Gasteiger partial charge is 0.496 e. The maximum Gasteiger partial charge on any atom is 0.242 e. The van der Waals surface area contributed by atoms with E-state index in [2.05, 4.69) is 5.32 Å². The summed E-state index contributed by atoms with van der Waals surface area (Å²) in [6.45, 7) is 1.46. The maximum absolute atomic E-state index is 12.3. The molecule has 0 atom stereocenters. The lowest BCUT2D eigenvalue weighted by Gasteiger charge is -2.14. The number of amides is 1. The molecule has 1 N–H and O–H groups in total. The Morgan fingerprint density at radius 2 is 1.82 bits per heavy atom. The number of carbonyl (C=O) groups excluding carboxylic acids is 2. The minimum Gasteiger partial charge on any atom is -0.496 e. The number of carbonyl (C=O) groups is 2. The van der Waals surface area contributed by atoms with Gasteiger partial charge in [0.25, 0.3) is 0 Å². The second-order valence-corrected chi connectivity index (χ2v) is 8.60. The lowest BCUT2D eigenvalue weighted by atomic mass is 10.1. The Kier molecular flexibility index (Phi) is 6.93. The molecular weight excluding hydrogens is 380 g/mol. The van der Waals surface area contributed by atoms with Gasteiger partial charge in [-0.15, -0.1) is 0 Å². The quantitative estimate of drug-likeness (QED) is 0.683. The van der Waals surface area contributed by atoms with Gasteiger partial charge in [0.1, 0.15) is 5.75 Å². The van der Waals surface area contributed by atoms with E-state index in [4.69, 9.17) is 4.74 Å². The Hall–Kier alpha value is -2.71. The van der Waals surface area contributed by atoms with Crippen LogP contribution >= 0.6 is 0 Å². The van der Waals surface area contributed by atoms with Gasteiger partial charge in [-0.1, -0.05) is 12.1 Å². The average molecular weight is 404 g/mol. The van der Waals surface area contributed by atoms with Crippen LogP contribution in [0.1, 0.15) is 29.3 Å². The molecule has 150 valence electrons. The van der Waals surface area contributed by atoms with Gasteiger partial charge in [-0.25, -0.2) is 12.7 Å². The molecule has 0 saturated carbocycles. The molecule has 28 heavy (non-hydrogen) atoms. The number of ether oxygens (including phenoxy) is 1. The molecule has 8 heteroatoms. The van der Waals surface area contributed by atoms with Crippen molar-refractivity contribution in [3.8, 4) is 5.75 Å². The summed E-state index contributed by atoms with van der Waals surface area (Å²) in [7, 11) is 0.834. The number of benzene rings is 2. The van der Waals surface area contributed by atoms with Gasteiger partial charge in [-0.3, -0.25) is 9.59 Å². The third-order valence-electron chi connectivity index (χ3n) is 4.20. The zero-order chi connectivity index (χ0) is 20.9. The molecule has 2 rings (SSSR count).